The predicted molar refractivity (Wildman–Crippen MR) is 90.4 cm³/mol. The molecule has 118 valence electrons. The SMILES string of the molecule is CNC(=O)NC(=O)[C@@H](C)Nc1ccc2c(c1)Cc1ccccc1-2. The summed E-state index contributed by atoms with van der Waals surface area (Å²) in [5, 5.41) is 7.76. The summed E-state index contributed by atoms with van der Waals surface area (Å²) in [4.78, 5) is 23.1. The molecule has 1 aliphatic carbocycles. The van der Waals surface area contributed by atoms with Crippen LogP contribution in [0.2, 0.25) is 0 Å². The zero-order valence-corrected chi connectivity index (χ0v) is 13.1. The maximum atomic E-state index is 11.9. The van der Waals surface area contributed by atoms with Crippen LogP contribution in [0.1, 0.15) is 18.1 Å². The fraction of sp³-hybridized carbons (Fsp3) is 0.222. The smallest absolute Gasteiger partial charge is 0.321 e. The van der Waals surface area contributed by atoms with E-state index in [0.717, 1.165) is 12.1 Å². The lowest BCUT2D eigenvalue weighted by atomic mass is 10.1. The van der Waals surface area contributed by atoms with Gasteiger partial charge in [0.05, 0.1) is 0 Å². The van der Waals surface area contributed by atoms with Gasteiger partial charge in [0.1, 0.15) is 6.04 Å². The van der Waals surface area contributed by atoms with E-state index in [2.05, 4.69) is 46.3 Å². The van der Waals surface area contributed by atoms with Crippen molar-refractivity contribution in [2.45, 2.75) is 19.4 Å². The Morgan fingerprint density at radius 2 is 1.78 bits per heavy atom. The first-order valence-electron chi connectivity index (χ1n) is 7.59. The van der Waals surface area contributed by atoms with E-state index in [4.69, 9.17) is 0 Å². The molecule has 23 heavy (non-hydrogen) atoms. The molecular formula is C18H19N3O2. The second-order valence-electron chi connectivity index (χ2n) is 5.64. The molecule has 0 bridgehead atoms. The summed E-state index contributed by atoms with van der Waals surface area (Å²) in [7, 11) is 1.47. The molecule has 5 nitrogen and oxygen atoms in total. The van der Waals surface area contributed by atoms with Crippen LogP contribution in [-0.2, 0) is 11.2 Å². The van der Waals surface area contributed by atoms with Crippen LogP contribution in [0.15, 0.2) is 42.5 Å². The predicted octanol–water partition coefficient (Wildman–Crippen LogP) is 2.51. The summed E-state index contributed by atoms with van der Waals surface area (Å²) in [6.45, 7) is 1.72. The Balaban J connectivity index is 1.73. The molecule has 0 aliphatic heterocycles. The van der Waals surface area contributed by atoms with E-state index >= 15 is 0 Å². The molecule has 3 N–H and O–H groups in total. The minimum absolute atomic E-state index is 0.367. The average molecular weight is 309 g/mol. The van der Waals surface area contributed by atoms with Gasteiger partial charge in [-0.2, -0.15) is 0 Å². The maximum absolute atomic E-state index is 11.9. The van der Waals surface area contributed by atoms with Crippen LogP contribution in [-0.4, -0.2) is 25.0 Å². The number of rotatable bonds is 3. The highest BCUT2D eigenvalue weighted by molar-refractivity contribution is 5.97. The second-order valence-corrected chi connectivity index (χ2v) is 5.64. The standard InChI is InChI=1S/C18H19N3O2/c1-11(17(22)21-18(23)19-2)20-14-7-8-16-13(10-14)9-12-5-3-4-6-15(12)16/h3-8,10-11,20H,9H2,1-2H3,(H2,19,21,22,23)/t11-/m1/s1. The fourth-order valence-electron chi connectivity index (χ4n) is 2.83. The minimum Gasteiger partial charge on any atom is -0.374 e. The van der Waals surface area contributed by atoms with Gasteiger partial charge in [-0.25, -0.2) is 4.79 Å². The third kappa shape index (κ3) is 3.04. The molecule has 0 fully saturated rings. The Kier molecular flexibility index (Phi) is 4.02. The number of imide groups is 1. The summed E-state index contributed by atoms with van der Waals surface area (Å²) < 4.78 is 0. The molecule has 0 radical (unpaired) electrons. The number of hydrogen-bond acceptors (Lipinski definition) is 3. The molecule has 3 rings (SSSR count). The molecule has 5 heteroatoms. The Morgan fingerprint density at radius 3 is 2.57 bits per heavy atom. The molecule has 0 heterocycles. The zero-order chi connectivity index (χ0) is 16.4. The summed E-state index contributed by atoms with van der Waals surface area (Å²) in [5.41, 5.74) is 5.96. The summed E-state index contributed by atoms with van der Waals surface area (Å²) in [5.74, 6) is -0.367. The molecule has 0 spiro atoms. The van der Waals surface area contributed by atoms with Crippen molar-refractivity contribution in [1.82, 2.24) is 10.6 Å². The van der Waals surface area contributed by atoms with Gasteiger partial charge in [0.2, 0.25) is 5.91 Å². The van der Waals surface area contributed by atoms with Crippen LogP contribution in [0.5, 0.6) is 0 Å². The molecular weight excluding hydrogens is 290 g/mol. The van der Waals surface area contributed by atoms with Gasteiger partial charge in [-0.3, -0.25) is 10.1 Å². The van der Waals surface area contributed by atoms with Gasteiger partial charge < -0.3 is 10.6 Å². The van der Waals surface area contributed by atoms with E-state index in [0.29, 0.717) is 0 Å². The molecule has 0 aromatic heterocycles. The number of carbonyl (C=O) groups excluding carboxylic acids is 2. The van der Waals surface area contributed by atoms with Crippen LogP contribution < -0.4 is 16.0 Å². The first-order valence-corrected chi connectivity index (χ1v) is 7.59. The van der Waals surface area contributed by atoms with Crippen LogP contribution in [0.25, 0.3) is 11.1 Å². The van der Waals surface area contributed by atoms with Crippen molar-refractivity contribution in [3.8, 4) is 11.1 Å². The third-order valence-corrected chi connectivity index (χ3v) is 4.03. The van der Waals surface area contributed by atoms with E-state index in [1.165, 1.54) is 29.3 Å². The van der Waals surface area contributed by atoms with Gasteiger partial charge >= 0.3 is 6.03 Å². The van der Waals surface area contributed by atoms with Gasteiger partial charge in [0, 0.05) is 12.7 Å². The van der Waals surface area contributed by atoms with Crippen LogP contribution in [0, 0.1) is 0 Å². The lowest BCUT2D eigenvalue weighted by Crippen LogP contribution is -2.44. The first-order chi connectivity index (χ1) is 11.1. The van der Waals surface area contributed by atoms with Gasteiger partial charge in [-0.05, 0) is 47.7 Å². The fourth-order valence-corrected chi connectivity index (χ4v) is 2.83. The van der Waals surface area contributed by atoms with Crippen molar-refractivity contribution in [2.75, 3.05) is 12.4 Å². The molecule has 0 saturated carbocycles. The molecule has 1 aliphatic rings. The minimum atomic E-state index is -0.506. The third-order valence-electron chi connectivity index (χ3n) is 4.03. The van der Waals surface area contributed by atoms with Crippen LogP contribution >= 0.6 is 0 Å². The Morgan fingerprint density at radius 1 is 1.04 bits per heavy atom. The Hall–Kier alpha value is -2.82. The molecule has 0 unspecified atom stereocenters. The molecule has 0 saturated heterocycles. The maximum Gasteiger partial charge on any atom is 0.321 e. The van der Waals surface area contributed by atoms with E-state index in [1.807, 2.05) is 12.1 Å². The normalized spacial score (nSPS) is 12.8. The van der Waals surface area contributed by atoms with Gasteiger partial charge in [-0.1, -0.05) is 30.3 Å². The Bertz CT molecular complexity index is 771. The van der Waals surface area contributed by atoms with E-state index in [1.54, 1.807) is 6.92 Å². The highest BCUT2D eigenvalue weighted by Gasteiger charge is 2.19. The number of amides is 3. The lowest BCUT2D eigenvalue weighted by molar-refractivity contribution is -0.120. The molecule has 2 aromatic rings. The monoisotopic (exact) mass is 309 g/mol. The number of nitrogens with one attached hydrogen (secondary N) is 3. The second kappa shape index (κ2) is 6.12. The van der Waals surface area contributed by atoms with Gasteiger partial charge in [0.15, 0.2) is 0 Å². The lowest BCUT2D eigenvalue weighted by Gasteiger charge is -2.15. The topological polar surface area (TPSA) is 70.2 Å². The summed E-state index contributed by atoms with van der Waals surface area (Å²) in [6, 6.07) is 13.5. The largest absolute Gasteiger partial charge is 0.374 e. The number of urea groups is 1. The van der Waals surface area contributed by atoms with Crippen LogP contribution in [0.4, 0.5) is 10.5 Å². The molecule has 3 amide bonds. The van der Waals surface area contributed by atoms with Crippen molar-refractivity contribution in [1.29, 1.82) is 0 Å². The summed E-state index contributed by atoms with van der Waals surface area (Å²) >= 11 is 0. The number of benzene rings is 2. The molecule has 1 atom stereocenters. The molecule has 2 aromatic carbocycles. The summed E-state index contributed by atoms with van der Waals surface area (Å²) in [6.07, 6.45) is 0.903. The first kappa shape index (κ1) is 15.1. The van der Waals surface area contributed by atoms with Gasteiger partial charge in [0.25, 0.3) is 0 Å². The highest BCUT2D eigenvalue weighted by Crippen LogP contribution is 2.37. The van der Waals surface area contributed by atoms with Crippen molar-refractivity contribution in [3.05, 3.63) is 53.6 Å². The highest BCUT2D eigenvalue weighted by atomic mass is 16.2. The van der Waals surface area contributed by atoms with E-state index < -0.39 is 12.1 Å². The van der Waals surface area contributed by atoms with Crippen LogP contribution in [0.3, 0.4) is 0 Å². The number of carbonyl (C=O) groups is 2. The van der Waals surface area contributed by atoms with Crippen molar-refractivity contribution in [3.63, 3.8) is 0 Å². The number of fused-ring (bicyclic) bond motifs is 3. The Labute approximate surface area is 135 Å². The van der Waals surface area contributed by atoms with Crippen molar-refractivity contribution in [2.24, 2.45) is 0 Å². The van der Waals surface area contributed by atoms with Gasteiger partial charge in [-0.15, -0.1) is 0 Å². The van der Waals surface area contributed by atoms with Crippen molar-refractivity contribution >= 4 is 17.6 Å². The van der Waals surface area contributed by atoms with Crippen molar-refractivity contribution < 1.29 is 9.59 Å². The quantitative estimate of drug-likeness (QED) is 0.696. The zero-order valence-electron chi connectivity index (χ0n) is 13.1. The number of anilines is 1. The number of hydrogen-bond donors (Lipinski definition) is 3. The van der Waals surface area contributed by atoms with E-state index in [9.17, 15) is 9.59 Å². The van der Waals surface area contributed by atoms with E-state index in [-0.39, 0.29) is 5.91 Å². The average Bonchev–Trinajstić information content (AvgIpc) is 2.92.